The molecule has 0 saturated heterocycles. The number of benzene rings is 1. The Bertz CT molecular complexity index is 344. The van der Waals surface area contributed by atoms with Crippen LogP contribution in [-0.2, 0) is 13.1 Å². The summed E-state index contributed by atoms with van der Waals surface area (Å²) in [6.45, 7) is 2.84. The highest BCUT2D eigenvalue weighted by Crippen LogP contribution is 2.13. The average Bonchev–Trinajstić information content (AvgIpc) is 2.30. The van der Waals surface area contributed by atoms with Gasteiger partial charge in [0.25, 0.3) is 0 Å². The molecule has 4 heteroatoms. The third kappa shape index (κ3) is 3.27. The molecule has 90 valence electrons. The second-order valence-corrected chi connectivity index (χ2v) is 4.08. The zero-order valence-corrected chi connectivity index (χ0v) is 9.78. The number of rotatable bonds is 5. The van der Waals surface area contributed by atoms with Crippen LogP contribution in [0.4, 0.5) is 4.39 Å². The molecule has 1 unspecified atom stereocenters. The Morgan fingerprint density at radius 3 is 2.75 bits per heavy atom. The van der Waals surface area contributed by atoms with Crippen LogP contribution in [0.25, 0.3) is 0 Å². The zero-order valence-electron chi connectivity index (χ0n) is 9.78. The Morgan fingerprint density at radius 2 is 2.19 bits per heavy atom. The van der Waals surface area contributed by atoms with E-state index in [2.05, 4.69) is 0 Å². The van der Waals surface area contributed by atoms with Gasteiger partial charge in [0.1, 0.15) is 5.82 Å². The highest BCUT2D eigenvalue weighted by Gasteiger charge is 2.11. The minimum atomic E-state index is -0.228. The lowest BCUT2D eigenvalue weighted by Crippen LogP contribution is -2.31. The maximum Gasteiger partial charge on any atom is 0.127 e. The van der Waals surface area contributed by atoms with Crippen molar-refractivity contribution >= 4 is 0 Å². The molecule has 0 aliphatic carbocycles. The topological polar surface area (TPSA) is 49.5 Å². The molecule has 1 aromatic carbocycles. The molecule has 1 aromatic rings. The summed E-state index contributed by atoms with van der Waals surface area (Å²) in [6.07, 6.45) is 0. The van der Waals surface area contributed by atoms with Gasteiger partial charge in [-0.25, -0.2) is 4.39 Å². The minimum Gasteiger partial charge on any atom is -0.395 e. The maximum absolute atomic E-state index is 13.5. The van der Waals surface area contributed by atoms with E-state index in [9.17, 15) is 4.39 Å². The van der Waals surface area contributed by atoms with E-state index >= 15 is 0 Å². The van der Waals surface area contributed by atoms with Crippen molar-refractivity contribution in [2.75, 3.05) is 13.7 Å². The summed E-state index contributed by atoms with van der Waals surface area (Å²) in [4.78, 5) is 1.90. The molecular weight excluding hydrogens is 207 g/mol. The number of aliphatic hydroxyl groups excluding tert-OH is 1. The smallest absolute Gasteiger partial charge is 0.127 e. The monoisotopic (exact) mass is 226 g/mol. The standard InChI is InChI=1S/C12H19FN2O/c1-9(8-16)15(2)7-11-5-10(6-14)3-4-12(11)13/h3-5,9,16H,6-8,14H2,1-2H3. The van der Waals surface area contributed by atoms with Gasteiger partial charge in [-0.05, 0) is 25.6 Å². The first-order valence-electron chi connectivity index (χ1n) is 5.37. The van der Waals surface area contributed by atoms with Crippen molar-refractivity contribution in [1.82, 2.24) is 4.90 Å². The van der Waals surface area contributed by atoms with Crippen LogP contribution in [0.15, 0.2) is 18.2 Å². The third-order valence-corrected chi connectivity index (χ3v) is 2.78. The van der Waals surface area contributed by atoms with Crippen molar-refractivity contribution in [3.8, 4) is 0 Å². The fourth-order valence-electron chi connectivity index (χ4n) is 1.44. The number of hydrogen-bond acceptors (Lipinski definition) is 3. The fraction of sp³-hybridized carbons (Fsp3) is 0.500. The average molecular weight is 226 g/mol. The molecule has 0 aliphatic rings. The van der Waals surface area contributed by atoms with Gasteiger partial charge in [0.05, 0.1) is 6.61 Å². The molecule has 0 bridgehead atoms. The molecule has 0 spiro atoms. The molecular formula is C12H19FN2O. The van der Waals surface area contributed by atoms with Crippen LogP contribution in [-0.4, -0.2) is 29.7 Å². The predicted octanol–water partition coefficient (Wildman–Crippen LogP) is 1.10. The van der Waals surface area contributed by atoms with Crippen molar-refractivity contribution in [2.45, 2.75) is 26.1 Å². The summed E-state index contributed by atoms with van der Waals surface area (Å²) in [6, 6.07) is 4.92. The van der Waals surface area contributed by atoms with E-state index in [4.69, 9.17) is 10.8 Å². The zero-order chi connectivity index (χ0) is 12.1. The Labute approximate surface area is 95.7 Å². The molecule has 0 saturated carbocycles. The quantitative estimate of drug-likeness (QED) is 0.790. The first kappa shape index (κ1) is 13.1. The Morgan fingerprint density at radius 1 is 1.50 bits per heavy atom. The van der Waals surface area contributed by atoms with Crippen LogP contribution in [0.3, 0.4) is 0 Å². The summed E-state index contributed by atoms with van der Waals surface area (Å²) < 4.78 is 13.5. The Hall–Kier alpha value is -0.970. The van der Waals surface area contributed by atoms with Crippen molar-refractivity contribution in [2.24, 2.45) is 5.73 Å². The number of aliphatic hydroxyl groups is 1. The number of halogens is 1. The van der Waals surface area contributed by atoms with Gasteiger partial charge >= 0.3 is 0 Å². The van der Waals surface area contributed by atoms with Gasteiger partial charge in [0.15, 0.2) is 0 Å². The Kier molecular flexibility index (Phi) is 4.86. The Balaban J connectivity index is 2.79. The van der Waals surface area contributed by atoms with Gasteiger partial charge in [-0.15, -0.1) is 0 Å². The number of nitrogens with two attached hydrogens (primary N) is 1. The van der Waals surface area contributed by atoms with Crippen LogP contribution in [0.1, 0.15) is 18.1 Å². The van der Waals surface area contributed by atoms with E-state index in [0.29, 0.717) is 18.7 Å². The van der Waals surface area contributed by atoms with Gasteiger partial charge in [0.2, 0.25) is 0 Å². The van der Waals surface area contributed by atoms with E-state index < -0.39 is 0 Å². The van der Waals surface area contributed by atoms with Crippen LogP contribution < -0.4 is 5.73 Å². The fourth-order valence-corrected chi connectivity index (χ4v) is 1.44. The van der Waals surface area contributed by atoms with Crippen LogP contribution >= 0.6 is 0 Å². The SMILES string of the molecule is CC(CO)N(C)Cc1cc(CN)ccc1F. The summed E-state index contributed by atoms with van der Waals surface area (Å²) in [5.74, 6) is -0.228. The van der Waals surface area contributed by atoms with Crippen molar-refractivity contribution in [3.63, 3.8) is 0 Å². The van der Waals surface area contributed by atoms with Gasteiger partial charge in [-0.2, -0.15) is 0 Å². The maximum atomic E-state index is 13.5. The first-order chi connectivity index (χ1) is 7.58. The lowest BCUT2D eigenvalue weighted by Gasteiger charge is -2.23. The van der Waals surface area contributed by atoms with E-state index in [1.807, 2.05) is 18.9 Å². The summed E-state index contributed by atoms with van der Waals surface area (Å²) in [5.41, 5.74) is 7.04. The molecule has 0 radical (unpaired) electrons. The molecule has 3 N–H and O–H groups in total. The highest BCUT2D eigenvalue weighted by atomic mass is 19.1. The summed E-state index contributed by atoms with van der Waals surface area (Å²) >= 11 is 0. The van der Waals surface area contributed by atoms with Gasteiger partial charge in [-0.3, -0.25) is 4.90 Å². The molecule has 1 atom stereocenters. The largest absolute Gasteiger partial charge is 0.395 e. The highest BCUT2D eigenvalue weighted by molar-refractivity contribution is 5.25. The molecule has 0 heterocycles. The third-order valence-electron chi connectivity index (χ3n) is 2.78. The first-order valence-corrected chi connectivity index (χ1v) is 5.37. The van der Waals surface area contributed by atoms with Crippen LogP contribution in [0.5, 0.6) is 0 Å². The van der Waals surface area contributed by atoms with Crippen molar-refractivity contribution in [3.05, 3.63) is 35.1 Å². The number of likely N-dealkylation sites (N-methyl/N-ethyl adjacent to an activating group) is 1. The lowest BCUT2D eigenvalue weighted by molar-refractivity contribution is 0.153. The molecule has 0 aromatic heterocycles. The van der Waals surface area contributed by atoms with Gasteiger partial charge in [-0.1, -0.05) is 12.1 Å². The van der Waals surface area contributed by atoms with Crippen LogP contribution in [0.2, 0.25) is 0 Å². The van der Waals surface area contributed by atoms with Crippen molar-refractivity contribution < 1.29 is 9.50 Å². The van der Waals surface area contributed by atoms with E-state index in [0.717, 1.165) is 5.56 Å². The summed E-state index contributed by atoms with van der Waals surface area (Å²) in [5, 5.41) is 9.00. The molecule has 0 aliphatic heterocycles. The minimum absolute atomic E-state index is 0.0148. The lowest BCUT2D eigenvalue weighted by atomic mass is 10.1. The normalized spacial score (nSPS) is 13.1. The second-order valence-electron chi connectivity index (χ2n) is 4.08. The molecule has 0 amide bonds. The number of hydrogen-bond donors (Lipinski definition) is 2. The number of nitrogens with zero attached hydrogens (tertiary/aromatic N) is 1. The summed E-state index contributed by atoms with van der Waals surface area (Å²) in [7, 11) is 1.86. The second kappa shape index (κ2) is 5.94. The van der Waals surface area contributed by atoms with E-state index in [1.165, 1.54) is 6.07 Å². The van der Waals surface area contributed by atoms with E-state index in [-0.39, 0.29) is 18.5 Å². The van der Waals surface area contributed by atoms with E-state index in [1.54, 1.807) is 12.1 Å². The van der Waals surface area contributed by atoms with Crippen molar-refractivity contribution in [1.29, 1.82) is 0 Å². The van der Waals surface area contributed by atoms with Gasteiger partial charge < -0.3 is 10.8 Å². The predicted molar refractivity (Wildman–Crippen MR) is 62.3 cm³/mol. The molecule has 0 fully saturated rings. The van der Waals surface area contributed by atoms with Gasteiger partial charge in [0, 0.05) is 24.7 Å². The molecule has 1 rings (SSSR count). The molecule has 3 nitrogen and oxygen atoms in total. The van der Waals surface area contributed by atoms with Crippen LogP contribution in [0, 0.1) is 5.82 Å². The molecule has 16 heavy (non-hydrogen) atoms.